The van der Waals surface area contributed by atoms with E-state index in [0.717, 1.165) is 0 Å². The number of hydrogen-bond acceptors (Lipinski definition) is 1. The number of hydrogen-bond donors (Lipinski definition) is 1. The van der Waals surface area contributed by atoms with Crippen molar-refractivity contribution in [1.29, 1.82) is 0 Å². The van der Waals surface area contributed by atoms with Gasteiger partial charge in [-0.1, -0.05) is 54.7 Å². The zero-order chi connectivity index (χ0) is 14.1. The van der Waals surface area contributed by atoms with Crippen molar-refractivity contribution in [3.63, 3.8) is 0 Å². The summed E-state index contributed by atoms with van der Waals surface area (Å²) in [4.78, 5) is 11.6. The molecule has 0 aliphatic carbocycles. The van der Waals surface area contributed by atoms with Crippen molar-refractivity contribution < 1.29 is 9.28 Å². The molecule has 0 unspecified atom stereocenters. The van der Waals surface area contributed by atoms with E-state index in [1.165, 1.54) is 12.1 Å². The molecule has 0 fully saturated rings. The number of nitrogens with one attached hydrogen (secondary N) is 1. The molecule has 2 aromatic carbocycles. The molecule has 100 valence electrons. The van der Waals surface area contributed by atoms with Crippen LogP contribution in [-0.2, 0) is 0 Å². The van der Waals surface area contributed by atoms with E-state index in [2.05, 4.69) is 5.32 Å². The summed E-state index contributed by atoms with van der Waals surface area (Å²) in [5.74, 6) is 0. The van der Waals surface area contributed by atoms with Crippen LogP contribution in [0, 0.1) is 0 Å². The topological polar surface area (TPSA) is 32.3 Å². The van der Waals surface area contributed by atoms with Gasteiger partial charge in [-0.2, -0.15) is 0 Å². The summed E-state index contributed by atoms with van der Waals surface area (Å²) in [5.41, 5.74) is 0.747. The van der Waals surface area contributed by atoms with Crippen LogP contribution in [0.2, 0.25) is 0 Å². The maximum absolute atomic E-state index is 13.6. The second-order valence-electron chi connectivity index (χ2n) is 3.41. The van der Waals surface area contributed by atoms with E-state index in [4.69, 9.17) is 0 Å². The van der Waals surface area contributed by atoms with Gasteiger partial charge in [-0.15, -0.1) is 5.12 Å². The summed E-state index contributed by atoms with van der Waals surface area (Å²) in [5, 5.41) is 2.53. The molecule has 19 heavy (non-hydrogen) atoms. The SMILES string of the molecule is CC.O=C(Nc1ccccc1)N(F)c1ccccc1. The molecule has 0 saturated carbocycles. The van der Waals surface area contributed by atoms with Crippen molar-refractivity contribution >= 4 is 17.4 Å². The van der Waals surface area contributed by atoms with Crippen LogP contribution >= 0.6 is 0 Å². The molecule has 2 amide bonds. The zero-order valence-corrected chi connectivity index (χ0v) is 11.0. The molecule has 0 atom stereocenters. The highest BCUT2D eigenvalue weighted by molar-refractivity contribution is 5.99. The van der Waals surface area contributed by atoms with Crippen molar-refractivity contribution in [3.05, 3.63) is 60.7 Å². The van der Waals surface area contributed by atoms with Crippen molar-refractivity contribution in [2.24, 2.45) is 0 Å². The molecular formula is C15H17FN2O. The number of carbonyl (C=O) groups excluding carboxylic acids is 1. The normalized spacial score (nSPS) is 9.00. The number of rotatable bonds is 2. The minimum Gasteiger partial charge on any atom is -0.306 e. The minimum atomic E-state index is -0.817. The van der Waals surface area contributed by atoms with E-state index in [1.54, 1.807) is 42.5 Å². The number of halogens is 1. The fraction of sp³-hybridized carbons (Fsp3) is 0.133. The molecule has 0 heterocycles. The Kier molecular flexibility index (Phi) is 6.09. The van der Waals surface area contributed by atoms with E-state index < -0.39 is 6.03 Å². The van der Waals surface area contributed by atoms with E-state index in [9.17, 15) is 9.28 Å². The van der Waals surface area contributed by atoms with Crippen molar-refractivity contribution in [2.45, 2.75) is 13.8 Å². The fourth-order valence-corrected chi connectivity index (χ4v) is 1.37. The number of carbonyl (C=O) groups is 1. The highest BCUT2D eigenvalue weighted by atomic mass is 19.2. The first-order valence-corrected chi connectivity index (χ1v) is 6.14. The van der Waals surface area contributed by atoms with E-state index >= 15 is 0 Å². The second kappa shape index (κ2) is 7.87. The number of amides is 2. The second-order valence-corrected chi connectivity index (χ2v) is 3.41. The Bertz CT molecular complexity index is 488. The minimum absolute atomic E-state index is 0.0764. The molecule has 2 aromatic rings. The molecule has 2 rings (SSSR count). The summed E-state index contributed by atoms with van der Waals surface area (Å²) in [6.07, 6.45) is 0. The molecule has 0 aliphatic rings. The molecule has 0 spiro atoms. The lowest BCUT2D eigenvalue weighted by atomic mass is 10.3. The molecule has 0 saturated heterocycles. The van der Waals surface area contributed by atoms with Gasteiger partial charge in [-0.3, -0.25) is 0 Å². The number of para-hydroxylation sites is 2. The van der Waals surface area contributed by atoms with Crippen LogP contribution < -0.4 is 10.4 Å². The summed E-state index contributed by atoms with van der Waals surface area (Å²) in [6.45, 7) is 4.00. The van der Waals surface area contributed by atoms with E-state index in [0.29, 0.717) is 5.69 Å². The predicted molar refractivity (Wildman–Crippen MR) is 76.8 cm³/mol. The fourth-order valence-electron chi connectivity index (χ4n) is 1.37. The summed E-state index contributed by atoms with van der Waals surface area (Å²) in [6, 6.07) is 16.0. The number of urea groups is 1. The molecule has 4 heteroatoms. The van der Waals surface area contributed by atoms with Gasteiger partial charge in [-0.05, 0) is 24.3 Å². The molecule has 0 aliphatic heterocycles. The van der Waals surface area contributed by atoms with Gasteiger partial charge in [0.15, 0.2) is 0 Å². The molecule has 0 bridgehead atoms. The molecule has 0 radical (unpaired) electrons. The van der Waals surface area contributed by atoms with Gasteiger partial charge < -0.3 is 5.32 Å². The predicted octanol–water partition coefficient (Wildman–Crippen LogP) is 4.64. The van der Waals surface area contributed by atoms with Crippen molar-refractivity contribution in [1.82, 2.24) is 0 Å². The molecular weight excluding hydrogens is 243 g/mol. The number of anilines is 2. The maximum atomic E-state index is 13.6. The summed E-state index contributed by atoms with van der Waals surface area (Å²) in [7, 11) is 0. The quantitative estimate of drug-likeness (QED) is 0.784. The van der Waals surface area contributed by atoms with Gasteiger partial charge in [0, 0.05) is 5.69 Å². The highest BCUT2D eigenvalue weighted by Crippen LogP contribution is 2.15. The van der Waals surface area contributed by atoms with Gasteiger partial charge >= 0.3 is 6.03 Å². The van der Waals surface area contributed by atoms with Crippen LogP contribution in [0.3, 0.4) is 0 Å². The van der Waals surface area contributed by atoms with Gasteiger partial charge in [0.2, 0.25) is 0 Å². The molecule has 0 aromatic heterocycles. The first-order valence-electron chi connectivity index (χ1n) is 6.14. The Morgan fingerprint density at radius 3 is 1.95 bits per heavy atom. The van der Waals surface area contributed by atoms with Crippen LogP contribution in [-0.4, -0.2) is 6.03 Å². The lowest BCUT2D eigenvalue weighted by Gasteiger charge is -2.12. The third-order valence-corrected chi connectivity index (χ3v) is 2.19. The van der Waals surface area contributed by atoms with E-state index in [1.807, 2.05) is 19.9 Å². The largest absolute Gasteiger partial charge is 0.354 e. The standard InChI is InChI=1S/C13H11FN2O.C2H6/c14-16(12-9-5-2-6-10-12)13(17)15-11-7-3-1-4-8-11;1-2/h1-10H,(H,15,17);1-2H3. The van der Waals surface area contributed by atoms with E-state index in [-0.39, 0.29) is 10.8 Å². The van der Waals surface area contributed by atoms with Gasteiger partial charge in [0.1, 0.15) is 0 Å². The molecule has 3 nitrogen and oxygen atoms in total. The van der Waals surface area contributed by atoms with Crippen molar-refractivity contribution in [3.8, 4) is 0 Å². The monoisotopic (exact) mass is 260 g/mol. The average molecular weight is 260 g/mol. The average Bonchev–Trinajstić information content (AvgIpc) is 2.50. The summed E-state index contributed by atoms with van der Waals surface area (Å²) >= 11 is 0. The first kappa shape index (κ1) is 14.7. The third kappa shape index (κ3) is 4.43. The van der Waals surface area contributed by atoms with Crippen LogP contribution in [0.1, 0.15) is 13.8 Å². The third-order valence-electron chi connectivity index (χ3n) is 2.19. The van der Waals surface area contributed by atoms with Gasteiger partial charge in [0.25, 0.3) is 0 Å². The number of benzene rings is 2. The van der Waals surface area contributed by atoms with Crippen LogP contribution in [0.4, 0.5) is 20.7 Å². The highest BCUT2D eigenvalue weighted by Gasteiger charge is 2.14. The van der Waals surface area contributed by atoms with Crippen molar-refractivity contribution in [2.75, 3.05) is 10.4 Å². The lowest BCUT2D eigenvalue weighted by molar-refractivity contribution is 0.245. The number of nitrogens with zero attached hydrogens (tertiary/aromatic N) is 1. The lowest BCUT2D eigenvalue weighted by Crippen LogP contribution is -2.27. The van der Waals surface area contributed by atoms with Gasteiger partial charge in [0.05, 0.1) is 5.69 Å². The van der Waals surface area contributed by atoms with Crippen LogP contribution in [0.15, 0.2) is 60.7 Å². The van der Waals surface area contributed by atoms with Gasteiger partial charge in [-0.25, -0.2) is 4.79 Å². The summed E-state index contributed by atoms with van der Waals surface area (Å²) < 4.78 is 13.6. The Hall–Kier alpha value is -2.36. The zero-order valence-electron chi connectivity index (χ0n) is 11.0. The first-order chi connectivity index (χ1) is 9.27. The van der Waals surface area contributed by atoms with Crippen LogP contribution in [0.25, 0.3) is 0 Å². The van der Waals surface area contributed by atoms with Crippen LogP contribution in [0.5, 0.6) is 0 Å². The molecule has 1 N–H and O–H groups in total. The maximum Gasteiger partial charge on any atom is 0.354 e. The Morgan fingerprint density at radius 1 is 0.947 bits per heavy atom. The Balaban J connectivity index is 0.000000861. The smallest absolute Gasteiger partial charge is 0.306 e. The Morgan fingerprint density at radius 2 is 1.42 bits per heavy atom. The Labute approximate surface area is 112 Å².